The summed E-state index contributed by atoms with van der Waals surface area (Å²) >= 11 is 1.54. The van der Waals surface area contributed by atoms with Crippen LogP contribution in [0.5, 0.6) is 0 Å². The van der Waals surface area contributed by atoms with E-state index in [9.17, 15) is 4.79 Å². The van der Waals surface area contributed by atoms with Gasteiger partial charge in [-0.05, 0) is 38.1 Å². The van der Waals surface area contributed by atoms with E-state index in [-0.39, 0.29) is 11.3 Å². The number of likely N-dealkylation sites (tertiary alicyclic amines) is 1. The highest BCUT2D eigenvalue weighted by atomic mass is 32.1. The maximum Gasteiger partial charge on any atom is 0.263 e. The third-order valence-corrected chi connectivity index (χ3v) is 5.74. The first kappa shape index (κ1) is 16.0. The van der Waals surface area contributed by atoms with E-state index < -0.39 is 0 Å². The predicted molar refractivity (Wildman–Crippen MR) is 89.4 cm³/mol. The molecule has 122 valence electrons. The van der Waals surface area contributed by atoms with Crippen molar-refractivity contribution in [1.29, 1.82) is 0 Å². The molecule has 2 aliphatic heterocycles. The topological polar surface area (TPSA) is 32.8 Å². The monoisotopic (exact) mass is 322 g/mol. The van der Waals surface area contributed by atoms with E-state index >= 15 is 0 Å². The molecule has 1 amide bonds. The van der Waals surface area contributed by atoms with Crippen LogP contribution in [-0.2, 0) is 4.74 Å². The number of hydrogen-bond donors (Lipinski definition) is 0. The molecule has 2 saturated heterocycles. The number of piperidine rings is 1. The Morgan fingerprint density at radius 1 is 1.36 bits per heavy atom. The first-order chi connectivity index (χ1) is 10.6. The van der Waals surface area contributed by atoms with Gasteiger partial charge in [-0.3, -0.25) is 9.69 Å². The highest BCUT2D eigenvalue weighted by Gasteiger charge is 2.40. The van der Waals surface area contributed by atoms with Gasteiger partial charge < -0.3 is 9.64 Å². The Morgan fingerprint density at radius 3 is 2.95 bits per heavy atom. The first-order valence-electron chi connectivity index (χ1n) is 8.24. The maximum atomic E-state index is 12.7. The number of hydrogen-bond acceptors (Lipinski definition) is 4. The predicted octanol–water partition coefficient (Wildman–Crippen LogP) is 2.71. The summed E-state index contributed by atoms with van der Waals surface area (Å²) in [5.41, 5.74) is 0.103. The van der Waals surface area contributed by atoms with Gasteiger partial charge in [-0.15, -0.1) is 11.3 Å². The van der Waals surface area contributed by atoms with Gasteiger partial charge in [-0.1, -0.05) is 6.07 Å². The van der Waals surface area contributed by atoms with E-state index in [2.05, 4.69) is 18.7 Å². The van der Waals surface area contributed by atoms with Crippen molar-refractivity contribution in [3.8, 4) is 0 Å². The Hall–Kier alpha value is -0.910. The lowest BCUT2D eigenvalue weighted by molar-refractivity contribution is 0.00592. The molecule has 0 bridgehead atoms. The maximum absolute atomic E-state index is 12.7. The van der Waals surface area contributed by atoms with Crippen LogP contribution < -0.4 is 0 Å². The van der Waals surface area contributed by atoms with Crippen molar-refractivity contribution in [2.45, 2.75) is 32.7 Å². The SMILES string of the molecule is CC(C)N1CCOC[C@]2(CCCN(C(=O)c3cccs3)C2)C1. The van der Waals surface area contributed by atoms with Gasteiger partial charge in [0.1, 0.15) is 0 Å². The molecule has 4 nitrogen and oxygen atoms in total. The summed E-state index contributed by atoms with van der Waals surface area (Å²) in [6.45, 7) is 9.82. The minimum atomic E-state index is 0.103. The van der Waals surface area contributed by atoms with E-state index in [4.69, 9.17) is 4.74 Å². The largest absolute Gasteiger partial charge is 0.379 e. The molecule has 1 atom stereocenters. The molecule has 1 spiro atoms. The van der Waals surface area contributed by atoms with Crippen LogP contribution in [-0.4, -0.2) is 61.1 Å². The van der Waals surface area contributed by atoms with Crippen LogP contribution in [0.25, 0.3) is 0 Å². The fraction of sp³-hybridized carbons (Fsp3) is 0.706. The second-order valence-electron chi connectivity index (χ2n) is 6.92. The van der Waals surface area contributed by atoms with E-state index in [1.807, 2.05) is 22.4 Å². The molecular formula is C17H26N2O2S. The van der Waals surface area contributed by atoms with Crippen LogP contribution >= 0.6 is 11.3 Å². The van der Waals surface area contributed by atoms with Crippen molar-refractivity contribution in [2.75, 3.05) is 39.4 Å². The molecule has 0 aliphatic carbocycles. The van der Waals surface area contributed by atoms with Gasteiger partial charge in [0.05, 0.1) is 18.1 Å². The summed E-state index contributed by atoms with van der Waals surface area (Å²) < 4.78 is 5.91. The van der Waals surface area contributed by atoms with Gasteiger partial charge in [-0.25, -0.2) is 0 Å². The van der Waals surface area contributed by atoms with Crippen LogP contribution in [0.1, 0.15) is 36.4 Å². The molecule has 3 rings (SSSR count). The van der Waals surface area contributed by atoms with Gasteiger partial charge in [0.2, 0.25) is 0 Å². The normalized spacial score (nSPS) is 27.3. The molecule has 0 unspecified atom stereocenters. The lowest BCUT2D eigenvalue weighted by Crippen LogP contribution is -2.52. The lowest BCUT2D eigenvalue weighted by Gasteiger charge is -2.44. The lowest BCUT2D eigenvalue weighted by atomic mass is 9.79. The quantitative estimate of drug-likeness (QED) is 0.839. The zero-order valence-corrected chi connectivity index (χ0v) is 14.4. The molecule has 5 heteroatoms. The molecule has 0 radical (unpaired) electrons. The average molecular weight is 322 g/mol. The minimum Gasteiger partial charge on any atom is -0.379 e. The highest BCUT2D eigenvalue weighted by molar-refractivity contribution is 7.12. The Morgan fingerprint density at radius 2 is 2.23 bits per heavy atom. The molecule has 3 heterocycles. The number of ether oxygens (including phenoxy) is 1. The summed E-state index contributed by atoms with van der Waals surface area (Å²) in [7, 11) is 0. The molecule has 0 N–H and O–H groups in total. The number of amides is 1. The van der Waals surface area contributed by atoms with Crippen molar-refractivity contribution in [2.24, 2.45) is 5.41 Å². The molecular weight excluding hydrogens is 296 g/mol. The van der Waals surface area contributed by atoms with Crippen molar-refractivity contribution < 1.29 is 9.53 Å². The number of carbonyl (C=O) groups excluding carboxylic acids is 1. The van der Waals surface area contributed by atoms with Crippen molar-refractivity contribution in [3.05, 3.63) is 22.4 Å². The summed E-state index contributed by atoms with van der Waals surface area (Å²) in [6.07, 6.45) is 2.23. The number of rotatable bonds is 2. The Balaban J connectivity index is 1.74. The van der Waals surface area contributed by atoms with E-state index in [0.717, 1.165) is 57.1 Å². The summed E-state index contributed by atoms with van der Waals surface area (Å²) in [5, 5.41) is 1.97. The summed E-state index contributed by atoms with van der Waals surface area (Å²) in [4.78, 5) is 18.1. The molecule has 1 aromatic rings. The summed E-state index contributed by atoms with van der Waals surface area (Å²) in [6, 6.07) is 4.41. The molecule has 0 aromatic carbocycles. The van der Waals surface area contributed by atoms with Crippen molar-refractivity contribution in [3.63, 3.8) is 0 Å². The zero-order valence-electron chi connectivity index (χ0n) is 13.6. The van der Waals surface area contributed by atoms with E-state index in [1.54, 1.807) is 0 Å². The van der Waals surface area contributed by atoms with Crippen LogP contribution in [0.15, 0.2) is 17.5 Å². The Bertz CT molecular complexity index is 503. The zero-order chi connectivity index (χ0) is 15.6. The fourth-order valence-electron chi connectivity index (χ4n) is 3.65. The second-order valence-corrected chi connectivity index (χ2v) is 7.87. The van der Waals surface area contributed by atoms with Crippen molar-refractivity contribution in [1.82, 2.24) is 9.80 Å². The standard InChI is InChI=1S/C17H26N2O2S/c1-14(2)18-8-9-21-13-17(11-18)6-4-7-19(12-17)16(20)15-5-3-10-22-15/h3,5,10,14H,4,6-9,11-13H2,1-2H3/t17-/m1/s1. The van der Waals surface area contributed by atoms with Crippen LogP contribution in [0.2, 0.25) is 0 Å². The molecule has 0 saturated carbocycles. The Kier molecular flexibility index (Phi) is 4.85. The van der Waals surface area contributed by atoms with E-state index in [1.165, 1.54) is 11.3 Å². The average Bonchev–Trinajstić information content (AvgIpc) is 2.97. The van der Waals surface area contributed by atoms with Crippen LogP contribution in [0, 0.1) is 5.41 Å². The van der Waals surface area contributed by atoms with Crippen molar-refractivity contribution >= 4 is 17.2 Å². The number of carbonyl (C=O) groups is 1. The Labute approximate surface area is 137 Å². The van der Waals surface area contributed by atoms with E-state index in [0.29, 0.717) is 6.04 Å². The molecule has 1 aromatic heterocycles. The number of nitrogens with zero attached hydrogens (tertiary/aromatic N) is 2. The molecule has 2 aliphatic rings. The minimum absolute atomic E-state index is 0.103. The smallest absolute Gasteiger partial charge is 0.263 e. The third kappa shape index (κ3) is 3.36. The molecule has 2 fully saturated rings. The van der Waals surface area contributed by atoms with Gasteiger partial charge in [0.25, 0.3) is 5.91 Å². The van der Waals surface area contributed by atoms with Gasteiger partial charge in [-0.2, -0.15) is 0 Å². The molecule has 22 heavy (non-hydrogen) atoms. The van der Waals surface area contributed by atoms with Gasteiger partial charge in [0.15, 0.2) is 0 Å². The van der Waals surface area contributed by atoms with Gasteiger partial charge >= 0.3 is 0 Å². The fourth-order valence-corrected chi connectivity index (χ4v) is 4.34. The highest BCUT2D eigenvalue weighted by Crippen LogP contribution is 2.34. The third-order valence-electron chi connectivity index (χ3n) is 4.88. The second kappa shape index (κ2) is 6.69. The first-order valence-corrected chi connectivity index (χ1v) is 9.12. The van der Waals surface area contributed by atoms with Crippen LogP contribution in [0.3, 0.4) is 0 Å². The van der Waals surface area contributed by atoms with Gasteiger partial charge in [0, 0.05) is 37.6 Å². The number of thiophene rings is 1. The van der Waals surface area contributed by atoms with Crippen LogP contribution in [0.4, 0.5) is 0 Å². The summed E-state index contributed by atoms with van der Waals surface area (Å²) in [5.74, 6) is 0.189.